The smallest absolute Gasteiger partial charge is 0.308 e. The molecule has 0 saturated heterocycles. The van der Waals surface area contributed by atoms with Crippen molar-refractivity contribution in [2.75, 3.05) is 0 Å². The van der Waals surface area contributed by atoms with E-state index in [0.29, 0.717) is 19.4 Å². The van der Waals surface area contributed by atoms with Crippen molar-refractivity contribution in [2.45, 2.75) is 44.3 Å². The SMILES string of the molecule is FC1(F)C#CCCC(OCc2ccccc2)CC1. The molecule has 1 aliphatic rings. The average Bonchev–Trinajstić information content (AvgIpc) is 2.36. The number of halogens is 2. The Labute approximate surface area is 106 Å². The van der Waals surface area contributed by atoms with Crippen LogP contribution in [-0.2, 0) is 11.3 Å². The van der Waals surface area contributed by atoms with Crippen molar-refractivity contribution >= 4 is 0 Å². The lowest BCUT2D eigenvalue weighted by Crippen LogP contribution is -2.21. The van der Waals surface area contributed by atoms with Crippen molar-refractivity contribution in [3.63, 3.8) is 0 Å². The maximum absolute atomic E-state index is 13.2. The molecule has 1 aromatic rings. The third-order valence-electron chi connectivity index (χ3n) is 2.97. The Morgan fingerprint density at radius 1 is 1.22 bits per heavy atom. The molecule has 0 radical (unpaired) electrons. The van der Waals surface area contributed by atoms with E-state index in [1.54, 1.807) is 0 Å². The van der Waals surface area contributed by atoms with Gasteiger partial charge in [-0.1, -0.05) is 36.3 Å². The molecule has 0 aromatic heterocycles. The molecule has 0 spiro atoms. The van der Waals surface area contributed by atoms with Gasteiger partial charge in [-0.05, 0) is 24.3 Å². The Kier molecular flexibility index (Phi) is 4.33. The highest BCUT2D eigenvalue weighted by atomic mass is 19.3. The van der Waals surface area contributed by atoms with E-state index < -0.39 is 5.92 Å². The first kappa shape index (κ1) is 13.0. The van der Waals surface area contributed by atoms with Crippen LogP contribution in [-0.4, -0.2) is 12.0 Å². The fourth-order valence-corrected chi connectivity index (χ4v) is 1.93. The summed E-state index contributed by atoms with van der Waals surface area (Å²) in [5.41, 5.74) is 1.07. The summed E-state index contributed by atoms with van der Waals surface area (Å²) in [5, 5.41) is 0. The molecule has 0 bridgehead atoms. The zero-order valence-corrected chi connectivity index (χ0v) is 10.2. The van der Waals surface area contributed by atoms with Crippen LogP contribution in [0.5, 0.6) is 0 Å². The summed E-state index contributed by atoms with van der Waals surface area (Å²) < 4.78 is 32.0. The summed E-state index contributed by atoms with van der Waals surface area (Å²) in [7, 11) is 0. The molecular formula is C15H16F2O. The molecule has 0 heterocycles. The first-order valence-electron chi connectivity index (χ1n) is 6.19. The van der Waals surface area contributed by atoms with Gasteiger partial charge in [-0.15, -0.1) is 0 Å². The van der Waals surface area contributed by atoms with Crippen LogP contribution in [0.4, 0.5) is 8.78 Å². The summed E-state index contributed by atoms with van der Waals surface area (Å²) in [4.78, 5) is 0. The van der Waals surface area contributed by atoms with Crippen molar-refractivity contribution in [3.8, 4) is 11.8 Å². The first-order valence-corrected chi connectivity index (χ1v) is 6.19. The van der Waals surface area contributed by atoms with E-state index in [4.69, 9.17) is 4.74 Å². The number of rotatable bonds is 3. The molecule has 1 aromatic carbocycles. The lowest BCUT2D eigenvalue weighted by molar-refractivity contribution is -0.00488. The highest BCUT2D eigenvalue weighted by Crippen LogP contribution is 2.25. The molecule has 0 amide bonds. The largest absolute Gasteiger partial charge is 0.374 e. The fourth-order valence-electron chi connectivity index (χ4n) is 1.93. The lowest BCUT2D eigenvalue weighted by Gasteiger charge is -2.20. The highest BCUT2D eigenvalue weighted by Gasteiger charge is 2.28. The Morgan fingerprint density at radius 2 is 2.00 bits per heavy atom. The number of hydrogen-bond acceptors (Lipinski definition) is 1. The predicted octanol–water partition coefficient (Wildman–Crippen LogP) is 3.78. The van der Waals surface area contributed by atoms with E-state index in [1.165, 1.54) is 0 Å². The van der Waals surface area contributed by atoms with Crippen molar-refractivity contribution in [1.82, 2.24) is 0 Å². The standard InChI is InChI=1S/C15H16F2O/c16-15(17)10-5-4-8-14(9-11-15)18-12-13-6-2-1-3-7-13/h1-3,6-7,14H,4,8-9,11-12H2. The molecule has 2 rings (SSSR count). The fraction of sp³-hybridized carbons (Fsp3) is 0.467. The molecule has 1 unspecified atom stereocenters. The maximum Gasteiger partial charge on any atom is 0.308 e. The summed E-state index contributed by atoms with van der Waals surface area (Å²) >= 11 is 0. The van der Waals surface area contributed by atoms with Gasteiger partial charge in [0.2, 0.25) is 0 Å². The zero-order chi connectivity index (χ0) is 12.8. The molecule has 96 valence electrons. The van der Waals surface area contributed by atoms with Gasteiger partial charge in [0.05, 0.1) is 12.7 Å². The second kappa shape index (κ2) is 5.97. The normalized spacial score (nSPS) is 22.4. The molecule has 0 fully saturated rings. The molecule has 18 heavy (non-hydrogen) atoms. The van der Waals surface area contributed by atoms with Crippen LogP contribution in [0.2, 0.25) is 0 Å². The number of hydrogen-bond donors (Lipinski definition) is 0. The van der Waals surface area contributed by atoms with Crippen molar-refractivity contribution in [3.05, 3.63) is 35.9 Å². The third kappa shape index (κ3) is 4.12. The van der Waals surface area contributed by atoms with E-state index in [0.717, 1.165) is 12.0 Å². The first-order chi connectivity index (χ1) is 8.66. The topological polar surface area (TPSA) is 9.23 Å². The van der Waals surface area contributed by atoms with Gasteiger partial charge in [-0.3, -0.25) is 0 Å². The molecule has 1 aliphatic carbocycles. The van der Waals surface area contributed by atoms with Crippen LogP contribution in [0.3, 0.4) is 0 Å². The molecular weight excluding hydrogens is 234 g/mol. The van der Waals surface area contributed by atoms with Gasteiger partial charge in [0.1, 0.15) is 0 Å². The molecule has 0 aliphatic heterocycles. The van der Waals surface area contributed by atoms with Crippen molar-refractivity contribution in [1.29, 1.82) is 0 Å². The summed E-state index contributed by atoms with van der Waals surface area (Å²) in [6.45, 7) is 0.477. The molecule has 3 heteroatoms. The Balaban J connectivity index is 1.86. The maximum atomic E-state index is 13.2. The minimum atomic E-state index is -2.85. The minimum absolute atomic E-state index is 0.120. The van der Waals surface area contributed by atoms with E-state index in [-0.39, 0.29) is 12.5 Å². The van der Waals surface area contributed by atoms with E-state index in [1.807, 2.05) is 36.3 Å². The lowest BCUT2D eigenvalue weighted by atomic mass is 10.0. The number of benzene rings is 1. The molecule has 1 nitrogen and oxygen atoms in total. The van der Waals surface area contributed by atoms with Gasteiger partial charge in [0.15, 0.2) is 0 Å². The summed E-state index contributed by atoms with van der Waals surface area (Å²) in [6, 6.07) is 9.76. The minimum Gasteiger partial charge on any atom is -0.374 e. The van der Waals surface area contributed by atoms with Gasteiger partial charge in [0.25, 0.3) is 0 Å². The van der Waals surface area contributed by atoms with Gasteiger partial charge >= 0.3 is 5.92 Å². The average molecular weight is 250 g/mol. The van der Waals surface area contributed by atoms with E-state index in [9.17, 15) is 8.78 Å². The van der Waals surface area contributed by atoms with Crippen molar-refractivity contribution < 1.29 is 13.5 Å². The third-order valence-corrected chi connectivity index (χ3v) is 2.97. The second-order valence-electron chi connectivity index (χ2n) is 4.50. The van der Waals surface area contributed by atoms with Gasteiger partial charge in [0, 0.05) is 12.8 Å². The Bertz CT molecular complexity index is 431. The summed E-state index contributed by atoms with van der Waals surface area (Å²) in [5.74, 6) is 1.69. The van der Waals surface area contributed by atoms with Crippen LogP contribution < -0.4 is 0 Å². The number of alkyl halides is 2. The highest BCUT2D eigenvalue weighted by molar-refractivity contribution is 5.13. The van der Waals surface area contributed by atoms with Crippen LogP contribution in [0.1, 0.15) is 31.2 Å². The van der Waals surface area contributed by atoms with Crippen LogP contribution in [0.15, 0.2) is 30.3 Å². The molecule has 1 atom stereocenters. The summed E-state index contributed by atoms with van der Waals surface area (Å²) in [6.07, 6.45) is 1.25. The van der Waals surface area contributed by atoms with Crippen LogP contribution >= 0.6 is 0 Å². The van der Waals surface area contributed by atoms with E-state index >= 15 is 0 Å². The predicted molar refractivity (Wildman–Crippen MR) is 66.2 cm³/mol. The van der Waals surface area contributed by atoms with E-state index in [2.05, 4.69) is 5.92 Å². The Morgan fingerprint density at radius 3 is 2.78 bits per heavy atom. The molecule has 0 saturated carbocycles. The Hall–Kier alpha value is -1.40. The van der Waals surface area contributed by atoms with Gasteiger partial charge < -0.3 is 4.74 Å². The monoisotopic (exact) mass is 250 g/mol. The second-order valence-corrected chi connectivity index (χ2v) is 4.50. The van der Waals surface area contributed by atoms with Gasteiger partial charge in [-0.25, -0.2) is 0 Å². The molecule has 0 N–H and O–H groups in total. The zero-order valence-electron chi connectivity index (χ0n) is 10.2. The van der Waals surface area contributed by atoms with Crippen LogP contribution in [0, 0.1) is 11.8 Å². The van der Waals surface area contributed by atoms with Crippen LogP contribution in [0.25, 0.3) is 0 Å². The number of ether oxygens (including phenoxy) is 1. The van der Waals surface area contributed by atoms with Crippen molar-refractivity contribution in [2.24, 2.45) is 0 Å². The van der Waals surface area contributed by atoms with Gasteiger partial charge in [-0.2, -0.15) is 8.78 Å². The quantitative estimate of drug-likeness (QED) is 0.742.